The van der Waals surface area contributed by atoms with Crippen molar-refractivity contribution >= 4 is 23.5 Å². The summed E-state index contributed by atoms with van der Waals surface area (Å²) in [6.07, 6.45) is 1.73. The van der Waals surface area contributed by atoms with Gasteiger partial charge in [0.25, 0.3) is 0 Å². The molecule has 6 nitrogen and oxygen atoms in total. The maximum Gasteiger partial charge on any atom is 0.303 e. The molecule has 0 aliphatic rings. The fraction of sp³-hybridized carbons (Fsp3) is 0.400. The Bertz CT molecular complexity index is 497. The van der Waals surface area contributed by atoms with E-state index >= 15 is 0 Å². The van der Waals surface area contributed by atoms with Crippen LogP contribution in [0.2, 0.25) is 0 Å². The van der Waals surface area contributed by atoms with Gasteiger partial charge < -0.3 is 15.7 Å². The van der Waals surface area contributed by atoms with E-state index in [2.05, 4.69) is 10.6 Å². The SMILES string of the molecule is CNC(=O)Cc1ccc(NC(=O)CCCCC(=O)O)cc1. The van der Waals surface area contributed by atoms with Crippen LogP contribution in [0.4, 0.5) is 5.69 Å². The van der Waals surface area contributed by atoms with E-state index in [4.69, 9.17) is 5.11 Å². The molecule has 0 aliphatic heterocycles. The summed E-state index contributed by atoms with van der Waals surface area (Å²) in [5.74, 6) is -1.05. The molecule has 0 saturated heterocycles. The smallest absolute Gasteiger partial charge is 0.303 e. The molecular weight excluding hydrogens is 272 g/mol. The van der Waals surface area contributed by atoms with Gasteiger partial charge in [0, 0.05) is 25.6 Å². The number of carboxylic acid groups (broad SMARTS) is 1. The van der Waals surface area contributed by atoms with Crippen molar-refractivity contribution in [3.05, 3.63) is 29.8 Å². The first-order chi connectivity index (χ1) is 10.0. The highest BCUT2D eigenvalue weighted by Gasteiger charge is 2.05. The number of aliphatic carboxylic acids is 1. The first kappa shape index (κ1) is 16.7. The van der Waals surface area contributed by atoms with Crippen molar-refractivity contribution < 1.29 is 19.5 Å². The second-order valence-corrected chi connectivity index (χ2v) is 4.70. The number of carboxylic acids is 1. The Morgan fingerprint density at radius 3 is 2.19 bits per heavy atom. The van der Waals surface area contributed by atoms with E-state index in [9.17, 15) is 14.4 Å². The number of nitrogens with one attached hydrogen (secondary N) is 2. The van der Waals surface area contributed by atoms with Gasteiger partial charge in [0.15, 0.2) is 0 Å². The maximum absolute atomic E-state index is 11.6. The molecule has 3 N–H and O–H groups in total. The fourth-order valence-corrected chi connectivity index (χ4v) is 1.76. The van der Waals surface area contributed by atoms with Gasteiger partial charge >= 0.3 is 5.97 Å². The molecule has 114 valence electrons. The first-order valence-electron chi connectivity index (χ1n) is 6.82. The largest absolute Gasteiger partial charge is 0.481 e. The highest BCUT2D eigenvalue weighted by Crippen LogP contribution is 2.11. The van der Waals surface area contributed by atoms with Gasteiger partial charge in [0.2, 0.25) is 11.8 Å². The van der Waals surface area contributed by atoms with Crippen molar-refractivity contribution in [2.24, 2.45) is 0 Å². The molecule has 0 fully saturated rings. The number of unbranched alkanes of at least 4 members (excludes halogenated alkanes) is 1. The molecule has 0 heterocycles. The van der Waals surface area contributed by atoms with Crippen LogP contribution in [0.25, 0.3) is 0 Å². The van der Waals surface area contributed by atoms with Crippen LogP contribution < -0.4 is 10.6 Å². The van der Waals surface area contributed by atoms with Crippen LogP contribution in [0.15, 0.2) is 24.3 Å². The van der Waals surface area contributed by atoms with Gasteiger partial charge in [0.1, 0.15) is 0 Å². The highest BCUT2D eigenvalue weighted by atomic mass is 16.4. The lowest BCUT2D eigenvalue weighted by atomic mass is 10.1. The highest BCUT2D eigenvalue weighted by molar-refractivity contribution is 5.90. The number of benzene rings is 1. The predicted molar refractivity (Wildman–Crippen MR) is 78.9 cm³/mol. The minimum absolute atomic E-state index is 0.0646. The Morgan fingerprint density at radius 1 is 1.00 bits per heavy atom. The fourth-order valence-electron chi connectivity index (χ4n) is 1.76. The molecule has 0 unspecified atom stereocenters. The molecule has 0 atom stereocenters. The minimum atomic E-state index is -0.845. The van der Waals surface area contributed by atoms with E-state index in [0.29, 0.717) is 31.4 Å². The van der Waals surface area contributed by atoms with Gasteiger partial charge in [0.05, 0.1) is 6.42 Å². The maximum atomic E-state index is 11.6. The zero-order valence-electron chi connectivity index (χ0n) is 12.0. The number of carbonyl (C=O) groups excluding carboxylic acids is 2. The van der Waals surface area contributed by atoms with E-state index in [-0.39, 0.29) is 18.2 Å². The van der Waals surface area contributed by atoms with Crippen molar-refractivity contribution in [1.29, 1.82) is 0 Å². The molecule has 0 spiro atoms. The van der Waals surface area contributed by atoms with Gasteiger partial charge in [-0.2, -0.15) is 0 Å². The Labute approximate surface area is 123 Å². The molecule has 0 aliphatic carbocycles. The first-order valence-corrected chi connectivity index (χ1v) is 6.82. The Hall–Kier alpha value is -2.37. The third-order valence-electron chi connectivity index (χ3n) is 2.93. The number of hydrogen-bond donors (Lipinski definition) is 3. The topological polar surface area (TPSA) is 95.5 Å². The molecular formula is C15H20N2O4. The van der Waals surface area contributed by atoms with Gasteiger partial charge in [-0.25, -0.2) is 0 Å². The van der Waals surface area contributed by atoms with Crippen molar-refractivity contribution in [2.75, 3.05) is 12.4 Å². The summed E-state index contributed by atoms with van der Waals surface area (Å²) in [6.45, 7) is 0. The molecule has 21 heavy (non-hydrogen) atoms. The summed E-state index contributed by atoms with van der Waals surface area (Å²) < 4.78 is 0. The Kier molecular flexibility index (Phi) is 6.94. The molecule has 1 aromatic rings. The number of carbonyl (C=O) groups is 3. The summed E-state index contributed by atoms with van der Waals surface area (Å²) in [7, 11) is 1.58. The third-order valence-corrected chi connectivity index (χ3v) is 2.93. The molecule has 0 radical (unpaired) electrons. The summed E-state index contributed by atoms with van der Waals surface area (Å²) in [6, 6.07) is 7.06. The molecule has 0 saturated carbocycles. The van der Waals surface area contributed by atoms with E-state index < -0.39 is 5.97 Å². The van der Waals surface area contributed by atoms with Crippen molar-refractivity contribution in [3.8, 4) is 0 Å². The van der Waals surface area contributed by atoms with Crippen LogP contribution in [0.1, 0.15) is 31.2 Å². The Morgan fingerprint density at radius 2 is 1.62 bits per heavy atom. The van der Waals surface area contributed by atoms with Crippen LogP contribution in [-0.2, 0) is 20.8 Å². The molecule has 1 aromatic carbocycles. The quantitative estimate of drug-likeness (QED) is 0.634. The van der Waals surface area contributed by atoms with Crippen molar-refractivity contribution in [2.45, 2.75) is 32.1 Å². The summed E-state index contributed by atoms with van der Waals surface area (Å²) in [5.41, 5.74) is 1.53. The summed E-state index contributed by atoms with van der Waals surface area (Å²) in [4.78, 5) is 33.2. The van der Waals surface area contributed by atoms with E-state index in [1.165, 1.54) is 0 Å². The molecule has 6 heteroatoms. The minimum Gasteiger partial charge on any atom is -0.481 e. The number of hydrogen-bond acceptors (Lipinski definition) is 3. The van der Waals surface area contributed by atoms with Crippen LogP contribution in [0, 0.1) is 0 Å². The zero-order chi connectivity index (χ0) is 15.7. The summed E-state index contributed by atoms with van der Waals surface area (Å²) >= 11 is 0. The molecule has 2 amide bonds. The molecule has 1 rings (SSSR count). The van der Waals surface area contributed by atoms with Gasteiger partial charge in [-0.1, -0.05) is 12.1 Å². The average molecular weight is 292 g/mol. The van der Waals surface area contributed by atoms with E-state index in [0.717, 1.165) is 5.56 Å². The second kappa shape index (κ2) is 8.73. The second-order valence-electron chi connectivity index (χ2n) is 4.70. The standard InChI is InChI=1S/C15H20N2O4/c1-16-14(19)10-11-6-8-12(9-7-11)17-13(18)4-2-3-5-15(20)21/h6-9H,2-5,10H2,1H3,(H,16,19)(H,17,18)(H,20,21). The Balaban J connectivity index is 2.35. The lowest BCUT2D eigenvalue weighted by Crippen LogP contribution is -2.19. The molecule has 0 aromatic heterocycles. The third kappa shape index (κ3) is 7.10. The van der Waals surface area contributed by atoms with Gasteiger partial charge in [-0.15, -0.1) is 0 Å². The summed E-state index contributed by atoms with van der Waals surface area (Å²) in [5, 5.41) is 13.8. The monoisotopic (exact) mass is 292 g/mol. The number of amides is 2. The van der Waals surface area contributed by atoms with Crippen LogP contribution >= 0.6 is 0 Å². The van der Waals surface area contributed by atoms with E-state index in [1.54, 1.807) is 31.3 Å². The van der Waals surface area contributed by atoms with Crippen molar-refractivity contribution in [1.82, 2.24) is 5.32 Å². The van der Waals surface area contributed by atoms with Crippen LogP contribution in [0.5, 0.6) is 0 Å². The van der Waals surface area contributed by atoms with E-state index in [1.807, 2.05) is 0 Å². The normalized spacial score (nSPS) is 9.95. The number of anilines is 1. The lowest BCUT2D eigenvalue weighted by Gasteiger charge is -2.06. The number of likely N-dealkylation sites (N-methyl/N-ethyl adjacent to an activating group) is 1. The number of rotatable bonds is 8. The van der Waals surface area contributed by atoms with Crippen LogP contribution in [-0.4, -0.2) is 29.9 Å². The zero-order valence-corrected chi connectivity index (χ0v) is 12.0. The van der Waals surface area contributed by atoms with Gasteiger partial charge in [-0.3, -0.25) is 14.4 Å². The lowest BCUT2D eigenvalue weighted by molar-refractivity contribution is -0.137. The average Bonchev–Trinajstić information content (AvgIpc) is 2.45. The molecule has 0 bridgehead atoms. The predicted octanol–water partition coefficient (Wildman–Crippen LogP) is 1.56. The van der Waals surface area contributed by atoms with Gasteiger partial charge in [-0.05, 0) is 30.5 Å². The van der Waals surface area contributed by atoms with Crippen LogP contribution in [0.3, 0.4) is 0 Å². The van der Waals surface area contributed by atoms with Crippen molar-refractivity contribution in [3.63, 3.8) is 0 Å².